The molecule has 0 unspecified atom stereocenters. The Morgan fingerprint density at radius 1 is 1.25 bits per heavy atom. The Morgan fingerprint density at radius 2 is 2.04 bits per heavy atom. The molecule has 1 aliphatic heterocycles. The van der Waals surface area contributed by atoms with Crippen molar-refractivity contribution in [2.45, 2.75) is 32.2 Å². The molecular weight excluding hydrogens is 322 g/mol. The van der Waals surface area contributed by atoms with Gasteiger partial charge in [-0.15, -0.1) is 0 Å². The molecule has 0 saturated heterocycles. The van der Waals surface area contributed by atoms with Gasteiger partial charge < -0.3 is 9.88 Å². The SMILES string of the molecule is C[S@@](=O)CCNC(=O)c1nc(-c2ccccc2)n2c1CCCCC2. The predicted octanol–water partition coefficient (Wildman–Crippen LogP) is 2.38. The standard InChI is InChI=1S/C18H23N3O2S/c1-24(23)13-11-19-18(22)16-15-10-6-3-7-12-21(15)17(20-16)14-8-4-2-5-9-14/h2,4-5,8-9H,3,6-7,10-13H2,1H3,(H,19,22)/t24-/m1/s1. The predicted molar refractivity (Wildman–Crippen MR) is 96.5 cm³/mol. The smallest absolute Gasteiger partial charge is 0.271 e. The molecule has 0 aliphatic carbocycles. The number of fused-ring (bicyclic) bond motifs is 1. The summed E-state index contributed by atoms with van der Waals surface area (Å²) in [6, 6.07) is 10.0. The third-order valence-corrected chi connectivity index (χ3v) is 5.07. The van der Waals surface area contributed by atoms with Gasteiger partial charge in [0.2, 0.25) is 0 Å². The summed E-state index contributed by atoms with van der Waals surface area (Å²) in [4.78, 5) is 17.2. The Morgan fingerprint density at radius 3 is 2.79 bits per heavy atom. The van der Waals surface area contributed by atoms with Gasteiger partial charge in [-0.1, -0.05) is 36.8 Å². The minimum atomic E-state index is -0.908. The van der Waals surface area contributed by atoms with E-state index in [-0.39, 0.29) is 5.91 Å². The van der Waals surface area contributed by atoms with E-state index in [0.29, 0.717) is 18.0 Å². The number of rotatable bonds is 5. The zero-order valence-corrected chi connectivity index (χ0v) is 14.8. The molecule has 0 fully saturated rings. The molecule has 1 amide bonds. The van der Waals surface area contributed by atoms with Crippen LogP contribution >= 0.6 is 0 Å². The summed E-state index contributed by atoms with van der Waals surface area (Å²) in [6.07, 6.45) is 5.88. The zero-order valence-electron chi connectivity index (χ0n) is 14.0. The first-order chi connectivity index (χ1) is 11.7. The molecular formula is C18H23N3O2S. The second-order valence-corrected chi connectivity index (χ2v) is 7.65. The van der Waals surface area contributed by atoms with Crippen molar-refractivity contribution in [3.8, 4) is 11.4 Å². The average Bonchev–Trinajstić information content (AvgIpc) is 2.77. The number of hydrogen-bond donors (Lipinski definition) is 1. The summed E-state index contributed by atoms with van der Waals surface area (Å²) in [5.74, 6) is 1.18. The topological polar surface area (TPSA) is 64.0 Å². The highest BCUT2D eigenvalue weighted by Crippen LogP contribution is 2.27. The van der Waals surface area contributed by atoms with Crippen molar-refractivity contribution in [3.63, 3.8) is 0 Å². The second kappa shape index (κ2) is 7.75. The van der Waals surface area contributed by atoms with Crippen LogP contribution in [-0.4, -0.2) is 38.2 Å². The maximum Gasteiger partial charge on any atom is 0.271 e. The largest absolute Gasteiger partial charge is 0.350 e. The molecule has 128 valence electrons. The zero-order chi connectivity index (χ0) is 16.9. The number of carbonyl (C=O) groups is 1. The molecule has 6 heteroatoms. The molecule has 1 atom stereocenters. The minimum absolute atomic E-state index is 0.159. The van der Waals surface area contributed by atoms with E-state index in [9.17, 15) is 9.00 Å². The first-order valence-electron chi connectivity index (χ1n) is 8.40. The lowest BCUT2D eigenvalue weighted by molar-refractivity contribution is 0.0950. The lowest BCUT2D eigenvalue weighted by Gasteiger charge is -2.09. The van der Waals surface area contributed by atoms with Gasteiger partial charge in [0.25, 0.3) is 5.91 Å². The van der Waals surface area contributed by atoms with Crippen LogP contribution in [-0.2, 0) is 23.8 Å². The molecule has 0 bridgehead atoms. The van der Waals surface area contributed by atoms with Gasteiger partial charge in [-0.05, 0) is 19.3 Å². The van der Waals surface area contributed by atoms with Crippen LogP contribution in [0.2, 0.25) is 0 Å². The van der Waals surface area contributed by atoms with Gasteiger partial charge in [0.1, 0.15) is 11.5 Å². The fourth-order valence-electron chi connectivity index (χ4n) is 3.10. The number of nitrogens with zero attached hydrogens (tertiary/aromatic N) is 2. The van der Waals surface area contributed by atoms with Crippen LogP contribution in [0.1, 0.15) is 35.4 Å². The summed E-state index contributed by atoms with van der Waals surface area (Å²) in [7, 11) is -0.908. The van der Waals surface area contributed by atoms with E-state index >= 15 is 0 Å². The van der Waals surface area contributed by atoms with Gasteiger partial charge in [-0.2, -0.15) is 0 Å². The van der Waals surface area contributed by atoms with Crippen LogP contribution in [0.4, 0.5) is 0 Å². The third-order valence-electron chi connectivity index (χ3n) is 4.29. The highest BCUT2D eigenvalue weighted by Gasteiger charge is 2.23. The Hall–Kier alpha value is -1.95. The molecule has 1 aromatic heterocycles. The number of amides is 1. The lowest BCUT2D eigenvalue weighted by Crippen LogP contribution is -2.28. The van der Waals surface area contributed by atoms with Crippen molar-refractivity contribution < 1.29 is 9.00 Å². The Balaban J connectivity index is 1.93. The summed E-state index contributed by atoms with van der Waals surface area (Å²) >= 11 is 0. The number of benzene rings is 1. The summed E-state index contributed by atoms with van der Waals surface area (Å²) in [5.41, 5.74) is 2.59. The Kier molecular flexibility index (Phi) is 5.45. The summed E-state index contributed by atoms with van der Waals surface area (Å²) in [6.45, 7) is 1.31. The molecule has 24 heavy (non-hydrogen) atoms. The van der Waals surface area contributed by atoms with Crippen LogP contribution in [0.15, 0.2) is 30.3 Å². The molecule has 1 aromatic carbocycles. The molecule has 3 rings (SSSR count). The van der Waals surface area contributed by atoms with E-state index in [1.807, 2.05) is 30.3 Å². The lowest BCUT2D eigenvalue weighted by atomic mass is 10.1. The molecule has 2 heterocycles. The first kappa shape index (κ1) is 16.9. The Labute approximate surface area is 144 Å². The normalized spacial score (nSPS) is 15.4. The molecule has 5 nitrogen and oxygen atoms in total. The molecule has 0 saturated carbocycles. The molecule has 0 spiro atoms. The Bertz CT molecular complexity index is 740. The van der Waals surface area contributed by atoms with Crippen LogP contribution < -0.4 is 5.32 Å². The monoisotopic (exact) mass is 345 g/mol. The molecule has 0 radical (unpaired) electrons. The molecule has 1 aliphatic rings. The highest BCUT2D eigenvalue weighted by molar-refractivity contribution is 7.84. The highest BCUT2D eigenvalue weighted by atomic mass is 32.2. The maximum absolute atomic E-state index is 12.6. The van der Waals surface area contributed by atoms with Gasteiger partial charge in [0, 0.05) is 41.5 Å². The molecule has 1 N–H and O–H groups in total. The van der Waals surface area contributed by atoms with Crippen molar-refractivity contribution in [1.29, 1.82) is 0 Å². The van der Waals surface area contributed by atoms with E-state index in [4.69, 9.17) is 0 Å². The number of hydrogen-bond acceptors (Lipinski definition) is 3. The van der Waals surface area contributed by atoms with Gasteiger partial charge in [-0.25, -0.2) is 4.98 Å². The number of aromatic nitrogens is 2. The van der Waals surface area contributed by atoms with Gasteiger partial charge in [0.15, 0.2) is 0 Å². The average molecular weight is 345 g/mol. The number of carbonyl (C=O) groups excluding carboxylic acids is 1. The van der Waals surface area contributed by atoms with E-state index in [0.717, 1.165) is 42.9 Å². The van der Waals surface area contributed by atoms with Crippen molar-refractivity contribution in [2.24, 2.45) is 0 Å². The minimum Gasteiger partial charge on any atom is -0.350 e. The number of nitrogens with one attached hydrogen (secondary N) is 1. The van der Waals surface area contributed by atoms with Crippen molar-refractivity contribution in [3.05, 3.63) is 41.7 Å². The second-order valence-electron chi connectivity index (χ2n) is 6.09. The van der Waals surface area contributed by atoms with Gasteiger partial charge >= 0.3 is 0 Å². The number of imidazole rings is 1. The van der Waals surface area contributed by atoms with E-state index < -0.39 is 10.8 Å². The van der Waals surface area contributed by atoms with Crippen LogP contribution in [0.5, 0.6) is 0 Å². The van der Waals surface area contributed by atoms with E-state index in [1.54, 1.807) is 6.26 Å². The third kappa shape index (κ3) is 3.75. The first-order valence-corrected chi connectivity index (χ1v) is 10.1. The summed E-state index contributed by atoms with van der Waals surface area (Å²) < 4.78 is 13.4. The molecule has 2 aromatic rings. The summed E-state index contributed by atoms with van der Waals surface area (Å²) in [5, 5.41) is 2.86. The van der Waals surface area contributed by atoms with Crippen LogP contribution in [0.25, 0.3) is 11.4 Å². The fraction of sp³-hybridized carbons (Fsp3) is 0.444. The maximum atomic E-state index is 12.6. The van der Waals surface area contributed by atoms with Crippen molar-refractivity contribution in [1.82, 2.24) is 14.9 Å². The van der Waals surface area contributed by atoms with Crippen molar-refractivity contribution >= 4 is 16.7 Å². The van der Waals surface area contributed by atoms with Crippen LogP contribution in [0, 0.1) is 0 Å². The van der Waals surface area contributed by atoms with Gasteiger partial charge in [-0.3, -0.25) is 9.00 Å². The van der Waals surface area contributed by atoms with E-state index in [1.165, 1.54) is 6.42 Å². The van der Waals surface area contributed by atoms with E-state index in [2.05, 4.69) is 14.9 Å². The fourth-order valence-corrected chi connectivity index (χ4v) is 3.49. The quantitative estimate of drug-likeness (QED) is 0.905. The van der Waals surface area contributed by atoms with Gasteiger partial charge in [0.05, 0.1) is 5.69 Å². The van der Waals surface area contributed by atoms with Crippen molar-refractivity contribution in [2.75, 3.05) is 18.6 Å². The van der Waals surface area contributed by atoms with Crippen LogP contribution in [0.3, 0.4) is 0 Å².